The van der Waals surface area contributed by atoms with E-state index in [1.807, 2.05) is 19.1 Å². The number of likely N-dealkylation sites (tertiary alicyclic amines) is 1. The van der Waals surface area contributed by atoms with Gasteiger partial charge < -0.3 is 15.5 Å². The van der Waals surface area contributed by atoms with Gasteiger partial charge in [-0.2, -0.15) is 0 Å². The second kappa shape index (κ2) is 9.37. The Bertz CT molecular complexity index is 920. The average molecular weight is 441 g/mol. The van der Waals surface area contributed by atoms with E-state index in [4.69, 9.17) is 11.6 Å². The van der Waals surface area contributed by atoms with Crippen molar-refractivity contribution >= 4 is 29.2 Å². The standard InChI is InChI=1S/C24H29ClN4O2/c1-17(14-22(30)28-21-9-8-20(25)15-26-21)27-23(31)18-4-6-19(7-5-18)24(10-11-24)16-29-12-2-3-13-29/h4-9,15,17H,2-3,10-14,16H2,1H3,(H,27,31)(H,26,28,30). The molecule has 1 aromatic carbocycles. The third kappa shape index (κ3) is 5.63. The van der Waals surface area contributed by atoms with Crippen molar-refractivity contribution in [3.8, 4) is 0 Å². The van der Waals surface area contributed by atoms with Gasteiger partial charge in [0, 0.05) is 36.2 Å². The van der Waals surface area contributed by atoms with Crippen LogP contribution in [0.2, 0.25) is 5.02 Å². The Hall–Kier alpha value is -2.44. The third-order valence-corrected chi connectivity index (χ3v) is 6.43. The predicted octanol–water partition coefficient (Wildman–Crippen LogP) is 4.01. The summed E-state index contributed by atoms with van der Waals surface area (Å²) in [6, 6.07) is 11.0. The lowest BCUT2D eigenvalue weighted by atomic mass is 9.94. The van der Waals surface area contributed by atoms with E-state index in [9.17, 15) is 9.59 Å². The van der Waals surface area contributed by atoms with Crippen LogP contribution in [0.25, 0.3) is 0 Å². The summed E-state index contributed by atoms with van der Waals surface area (Å²) >= 11 is 5.80. The van der Waals surface area contributed by atoms with Gasteiger partial charge in [-0.15, -0.1) is 0 Å². The smallest absolute Gasteiger partial charge is 0.251 e. The monoisotopic (exact) mass is 440 g/mol. The second-order valence-corrected chi connectivity index (χ2v) is 9.27. The molecule has 2 N–H and O–H groups in total. The van der Waals surface area contributed by atoms with Gasteiger partial charge in [0.25, 0.3) is 5.91 Å². The molecule has 1 atom stereocenters. The van der Waals surface area contributed by atoms with Crippen LogP contribution in [0, 0.1) is 0 Å². The van der Waals surface area contributed by atoms with Crippen molar-refractivity contribution in [2.75, 3.05) is 25.0 Å². The van der Waals surface area contributed by atoms with E-state index in [1.54, 1.807) is 12.1 Å². The van der Waals surface area contributed by atoms with Gasteiger partial charge in [0.15, 0.2) is 0 Å². The Morgan fingerprint density at radius 1 is 1.13 bits per heavy atom. The molecule has 2 fully saturated rings. The number of halogens is 1. The summed E-state index contributed by atoms with van der Waals surface area (Å²) < 4.78 is 0. The summed E-state index contributed by atoms with van der Waals surface area (Å²) in [6.07, 6.45) is 6.70. The highest BCUT2D eigenvalue weighted by atomic mass is 35.5. The highest BCUT2D eigenvalue weighted by molar-refractivity contribution is 6.30. The zero-order valence-electron chi connectivity index (χ0n) is 17.9. The first-order valence-corrected chi connectivity index (χ1v) is 11.4. The van der Waals surface area contributed by atoms with E-state index in [1.165, 1.54) is 50.5 Å². The Kier molecular flexibility index (Phi) is 6.58. The second-order valence-electron chi connectivity index (χ2n) is 8.83. The van der Waals surface area contributed by atoms with Crippen LogP contribution in [0.15, 0.2) is 42.6 Å². The lowest BCUT2D eigenvalue weighted by molar-refractivity contribution is -0.116. The van der Waals surface area contributed by atoms with E-state index < -0.39 is 0 Å². The van der Waals surface area contributed by atoms with Gasteiger partial charge in [-0.25, -0.2) is 4.98 Å². The van der Waals surface area contributed by atoms with Crippen LogP contribution in [0.5, 0.6) is 0 Å². The molecule has 4 rings (SSSR count). The van der Waals surface area contributed by atoms with Gasteiger partial charge in [0.2, 0.25) is 5.91 Å². The van der Waals surface area contributed by atoms with Gasteiger partial charge in [-0.05, 0) is 75.5 Å². The summed E-state index contributed by atoms with van der Waals surface area (Å²) in [5.41, 5.74) is 2.23. The molecule has 6 nitrogen and oxygen atoms in total. The summed E-state index contributed by atoms with van der Waals surface area (Å²) in [7, 11) is 0. The van der Waals surface area contributed by atoms with Crippen molar-refractivity contribution in [1.29, 1.82) is 0 Å². The molecule has 7 heteroatoms. The first-order chi connectivity index (χ1) is 14.9. The fourth-order valence-corrected chi connectivity index (χ4v) is 4.42. The number of benzene rings is 1. The van der Waals surface area contributed by atoms with E-state index in [2.05, 4.69) is 32.7 Å². The van der Waals surface area contributed by atoms with Crippen LogP contribution in [0.1, 0.15) is 54.9 Å². The zero-order chi connectivity index (χ0) is 21.8. The van der Waals surface area contributed by atoms with Crippen molar-refractivity contribution < 1.29 is 9.59 Å². The van der Waals surface area contributed by atoms with E-state index in [-0.39, 0.29) is 29.7 Å². The molecule has 164 valence electrons. The lowest BCUT2D eigenvalue weighted by Gasteiger charge is -2.23. The molecule has 0 spiro atoms. The van der Waals surface area contributed by atoms with Crippen LogP contribution in [-0.2, 0) is 10.2 Å². The van der Waals surface area contributed by atoms with Crippen molar-refractivity contribution in [2.24, 2.45) is 0 Å². The Labute approximate surface area is 188 Å². The van der Waals surface area contributed by atoms with Gasteiger partial charge in [-0.3, -0.25) is 9.59 Å². The number of anilines is 1. The number of pyridine rings is 1. The molecule has 2 aromatic rings. The molecule has 2 aliphatic rings. The fourth-order valence-electron chi connectivity index (χ4n) is 4.31. The minimum atomic E-state index is -0.301. The Balaban J connectivity index is 1.28. The van der Waals surface area contributed by atoms with E-state index in [0.717, 1.165) is 6.54 Å². The number of carbonyl (C=O) groups is 2. The normalized spacial score (nSPS) is 18.4. The van der Waals surface area contributed by atoms with Crippen molar-refractivity contribution in [3.63, 3.8) is 0 Å². The quantitative estimate of drug-likeness (QED) is 0.650. The maximum Gasteiger partial charge on any atom is 0.251 e. The number of rotatable bonds is 8. The minimum Gasteiger partial charge on any atom is -0.349 e. The van der Waals surface area contributed by atoms with Gasteiger partial charge >= 0.3 is 0 Å². The number of aromatic nitrogens is 1. The van der Waals surface area contributed by atoms with Crippen LogP contribution in [0.3, 0.4) is 0 Å². The maximum absolute atomic E-state index is 12.6. The molecule has 1 aromatic heterocycles. The molecule has 2 amide bonds. The van der Waals surface area contributed by atoms with Gasteiger partial charge in [-0.1, -0.05) is 23.7 Å². The Morgan fingerprint density at radius 2 is 1.84 bits per heavy atom. The molecule has 1 aliphatic carbocycles. The number of carbonyl (C=O) groups excluding carboxylic acids is 2. The lowest BCUT2D eigenvalue weighted by Crippen LogP contribution is -2.35. The fraction of sp³-hybridized carbons (Fsp3) is 0.458. The number of amides is 2. The zero-order valence-corrected chi connectivity index (χ0v) is 18.6. The molecule has 31 heavy (non-hydrogen) atoms. The molecule has 1 saturated heterocycles. The van der Waals surface area contributed by atoms with Crippen LogP contribution in [0.4, 0.5) is 5.82 Å². The van der Waals surface area contributed by atoms with Crippen LogP contribution < -0.4 is 10.6 Å². The molecule has 0 radical (unpaired) electrons. The number of hydrogen-bond acceptors (Lipinski definition) is 4. The molecular weight excluding hydrogens is 412 g/mol. The maximum atomic E-state index is 12.6. The van der Waals surface area contributed by atoms with Crippen molar-refractivity contribution in [3.05, 3.63) is 58.7 Å². The predicted molar refractivity (Wildman–Crippen MR) is 122 cm³/mol. The highest BCUT2D eigenvalue weighted by Crippen LogP contribution is 2.49. The van der Waals surface area contributed by atoms with E-state index in [0.29, 0.717) is 16.4 Å². The first-order valence-electron chi connectivity index (χ1n) is 11.0. The average Bonchev–Trinajstić information content (AvgIpc) is 3.34. The highest BCUT2D eigenvalue weighted by Gasteiger charge is 2.45. The van der Waals surface area contributed by atoms with Crippen molar-refractivity contribution in [2.45, 2.75) is 50.5 Å². The van der Waals surface area contributed by atoms with Crippen LogP contribution in [-0.4, -0.2) is 47.4 Å². The molecule has 1 unspecified atom stereocenters. The Morgan fingerprint density at radius 3 is 2.45 bits per heavy atom. The SMILES string of the molecule is CC(CC(=O)Nc1ccc(Cl)cn1)NC(=O)c1ccc(C2(CN3CCCC3)CC2)cc1. The first kappa shape index (κ1) is 21.8. The molecule has 2 heterocycles. The molecular formula is C24H29ClN4O2. The summed E-state index contributed by atoms with van der Waals surface area (Å²) in [5, 5.41) is 6.12. The molecule has 1 aliphatic heterocycles. The third-order valence-electron chi connectivity index (χ3n) is 6.20. The summed E-state index contributed by atoms with van der Waals surface area (Å²) in [4.78, 5) is 31.4. The minimum absolute atomic E-state index is 0.160. The number of nitrogens with zero attached hydrogens (tertiary/aromatic N) is 2. The van der Waals surface area contributed by atoms with Gasteiger partial charge in [0.1, 0.15) is 5.82 Å². The molecule has 0 bridgehead atoms. The largest absolute Gasteiger partial charge is 0.349 e. The topological polar surface area (TPSA) is 74.3 Å². The molecule has 1 saturated carbocycles. The summed E-state index contributed by atoms with van der Waals surface area (Å²) in [5.74, 6) is 0.0582. The van der Waals surface area contributed by atoms with Crippen molar-refractivity contribution in [1.82, 2.24) is 15.2 Å². The number of nitrogens with one attached hydrogen (secondary N) is 2. The van der Waals surface area contributed by atoms with Crippen LogP contribution >= 0.6 is 11.6 Å². The number of hydrogen-bond donors (Lipinski definition) is 2. The van der Waals surface area contributed by atoms with Gasteiger partial charge in [0.05, 0.1) is 5.02 Å². The van der Waals surface area contributed by atoms with E-state index >= 15 is 0 Å². The summed E-state index contributed by atoms with van der Waals surface area (Å²) in [6.45, 7) is 5.37.